The number of hydrogen-bond acceptors (Lipinski definition) is 3. The number of halogens is 2. The average molecular weight is 444 g/mol. The van der Waals surface area contributed by atoms with Gasteiger partial charge in [0.05, 0.1) is 11.3 Å². The fraction of sp³-hybridized carbons (Fsp3) is 0.0909. The van der Waals surface area contributed by atoms with Crippen molar-refractivity contribution in [3.05, 3.63) is 94.8 Å². The molecule has 3 aromatic rings. The highest BCUT2D eigenvalue weighted by Gasteiger charge is 2.13. The highest BCUT2D eigenvalue weighted by Crippen LogP contribution is 2.20. The summed E-state index contributed by atoms with van der Waals surface area (Å²) >= 11 is 10.2. The first-order valence-corrected chi connectivity index (χ1v) is 9.89. The molecule has 2 N–H and O–H groups in total. The van der Waals surface area contributed by atoms with Gasteiger partial charge in [-0.2, -0.15) is 0 Å². The second-order valence-corrected chi connectivity index (χ2v) is 7.24. The predicted octanol–water partition coefficient (Wildman–Crippen LogP) is 5.33. The van der Waals surface area contributed by atoms with Crippen LogP contribution in [0.2, 0.25) is 5.02 Å². The van der Waals surface area contributed by atoms with Gasteiger partial charge in [0.15, 0.2) is 0 Å². The third-order valence-electron chi connectivity index (χ3n) is 4.26. The molecule has 0 saturated heterocycles. The van der Waals surface area contributed by atoms with Crippen LogP contribution in [0.1, 0.15) is 15.9 Å². The third-order valence-corrected chi connectivity index (χ3v) is 4.91. The van der Waals surface area contributed by atoms with Gasteiger partial charge in [0.25, 0.3) is 5.91 Å². The molecule has 0 saturated carbocycles. The van der Waals surface area contributed by atoms with Crippen LogP contribution >= 0.6 is 24.4 Å². The van der Waals surface area contributed by atoms with Crippen molar-refractivity contribution in [1.82, 2.24) is 5.32 Å². The first-order valence-electron chi connectivity index (χ1n) is 9.11. The zero-order chi connectivity index (χ0) is 21.5. The fourth-order valence-corrected chi connectivity index (χ4v) is 3.15. The zero-order valence-corrected chi connectivity index (χ0v) is 17.5. The SMILES string of the molecule is O=C(Nc1ccc(N(S)C(=O)NCCc2cccc(Cl)c2)cc1)c1ccccc1F. The minimum Gasteiger partial charge on any atom is -0.337 e. The number of benzene rings is 3. The van der Waals surface area contributed by atoms with E-state index in [0.29, 0.717) is 29.4 Å². The Bertz CT molecular complexity index is 1050. The number of hydrogen-bond donors (Lipinski definition) is 3. The first kappa shape index (κ1) is 21.7. The second-order valence-electron chi connectivity index (χ2n) is 6.40. The number of urea groups is 1. The summed E-state index contributed by atoms with van der Waals surface area (Å²) in [6, 6.07) is 19.2. The normalized spacial score (nSPS) is 10.4. The molecule has 0 fully saturated rings. The number of nitrogens with one attached hydrogen (secondary N) is 2. The molecule has 8 heteroatoms. The van der Waals surface area contributed by atoms with E-state index in [9.17, 15) is 14.0 Å². The van der Waals surface area contributed by atoms with Crippen LogP contribution < -0.4 is 14.9 Å². The molecule has 154 valence electrons. The van der Waals surface area contributed by atoms with E-state index >= 15 is 0 Å². The lowest BCUT2D eigenvalue weighted by Gasteiger charge is -2.17. The molecule has 3 aromatic carbocycles. The highest BCUT2D eigenvalue weighted by molar-refractivity contribution is 7.82. The number of thiol groups is 1. The van der Waals surface area contributed by atoms with Crippen LogP contribution in [0.15, 0.2) is 72.8 Å². The van der Waals surface area contributed by atoms with Crippen molar-refractivity contribution in [2.45, 2.75) is 6.42 Å². The molecule has 0 bridgehead atoms. The lowest BCUT2D eigenvalue weighted by Crippen LogP contribution is -2.35. The van der Waals surface area contributed by atoms with Gasteiger partial charge in [0.2, 0.25) is 0 Å². The summed E-state index contributed by atoms with van der Waals surface area (Å²) in [5.74, 6) is -1.15. The summed E-state index contributed by atoms with van der Waals surface area (Å²) in [5, 5.41) is 6.05. The minimum atomic E-state index is -0.595. The maximum atomic E-state index is 13.7. The maximum Gasteiger partial charge on any atom is 0.331 e. The summed E-state index contributed by atoms with van der Waals surface area (Å²) in [4.78, 5) is 24.5. The van der Waals surface area contributed by atoms with Crippen LogP contribution in [0.4, 0.5) is 20.6 Å². The molecule has 0 aliphatic rings. The molecule has 0 spiro atoms. The molecule has 0 aliphatic heterocycles. The number of rotatable bonds is 6. The molecule has 0 aromatic heterocycles. The molecule has 0 radical (unpaired) electrons. The van der Waals surface area contributed by atoms with Crippen LogP contribution in [-0.4, -0.2) is 18.5 Å². The van der Waals surface area contributed by atoms with Crippen molar-refractivity contribution >= 4 is 47.7 Å². The second kappa shape index (κ2) is 10.1. The van der Waals surface area contributed by atoms with Gasteiger partial charge in [-0.05, 0) is 60.5 Å². The van der Waals surface area contributed by atoms with Crippen LogP contribution in [0, 0.1) is 5.82 Å². The first-order chi connectivity index (χ1) is 14.4. The van der Waals surface area contributed by atoms with E-state index < -0.39 is 11.7 Å². The van der Waals surface area contributed by atoms with Crippen molar-refractivity contribution in [2.24, 2.45) is 0 Å². The summed E-state index contributed by atoms with van der Waals surface area (Å²) in [5.41, 5.74) is 1.96. The molecule has 0 atom stereocenters. The molecule has 5 nitrogen and oxygen atoms in total. The minimum absolute atomic E-state index is 0.0449. The Morgan fingerprint density at radius 3 is 2.43 bits per heavy atom. The fourth-order valence-electron chi connectivity index (χ4n) is 2.73. The van der Waals surface area contributed by atoms with E-state index in [0.717, 1.165) is 5.56 Å². The van der Waals surface area contributed by atoms with Crippen molar-refractivity contribution in [1.29, 1.82) is 0 Å². The van der Waals surface area contributed by atoms with Crippen LogP contribution in [-0.2, 0) is 6.42 Å². The summed E-state index contributed by atoms with van der Waals surface area (Å²) < 4.78 is 14.9. The molecular weight excluding hydrogens is 425 g/mol. The topological polar surface area (TPSA) is 61.4 Å². The largest absolute Gasteiger partial charge is 0.337 e. The van der Waals surface area contributed by atoms with Crippen LogP contribution in [0.25, 0.3) is 0 Å². The third kappa shape index (κ3) is 5.75. The summed E-state index contributed by atoms with van der Waals surface area (Å²) in [7, 11) is 0. The van der Waals surface area contributed by atoms with Gasteiger partial charge in [0.1, 0.15) is 5.82 Å². The molecule has 0 unspecified atom stereocenters. The van der Waals surface area contributed by atoms with E-state index in [-0.39, 0.29) is 11.6 Å². The van der Waals surface area contributed by atoms with Crippen LogP contribution in [0.5, 0.6) is 0 Å². The molecule has 30 heavy (non-hydrogen) atoms. The Morgan fingerprint density at radius 1 is 1.00 bits per heavy atom. The summed E-state index contributed by atoms with van der Waals surface area (Å²) in [6.45, 7) is 0.424. The van der Waals surface area contributed by atoms with Gasteiger partial charge in [-0.15, -0.1) is 0 Å². The molecule has 3 rings (SSSR count). The van der Waals surface area contributed by atoms with Crippen molar-refractivity contribution in [3.8, 4) is 0 Å². The molecule has 0 aliphatic carbocycles. The summed E-state index contributed by atoms with van der Waals surface area (Å²) in [6.07, 6.45) is 0.634. The monoisotopic (exact) mass is 443 g/mol. The van der Waals surface area contributed by atoms with Crippen molar-refractivity contribution in [2.75, 3.05) is 16.2 Å². The lowest BCUT2D eigenvalue weighted by molar-refractivity contribution is 0.102. The van der Waals surface area contributed by atoms with E-state index in [1.807, 2.05) is 18.2 Å². The predicted molar refractivity (Wildman–Crippen MR) is 121 cm³/mol. The number of nitrogens with zero attached hydrogens (tertiary/aromatic N) is 1. The number of carbonyl (C=O) groups is 2. The Balaban J connectivity index is 1.53. The molecular formula is C22H19ClFN3O2S. The highest BCUT2D eigenvalue weighted by atomic mass is 35.5. The van der Waals surface area contributed by atoms with Gasteiger partial charge >= 0.3 is 6.03 Å². The Kier molecular flexibility index (Phi) is 7.32. The Labute approximate surface area is 184 Å². The van der Waals surface area contributed by atoms with Gasteiger partial charge in [0, 0.05) is 17.3 Å². The average Bonchev–Trinajstić information content (AvgIpc) is 2.74. The van der Waals surface area contributed by atoms with Crippen molar-refractivity contribution in [3.63, 3.8) is 0 Å². The number of carbonyl (C=O) groups excluding carboxylic acids is 2. The lowest BCUT2D eigenvalue weighted by atomic mass is 10.1. The number of amides is 3. The zero-order valence-electron chi connectivity index (χ0n) is 15.8. The Hall–Kier alpha value is -3.03. The molecule has 3 amide bonds. The Morgan fingerprint density at radius 2 is 1.73 bits per heavy atom. The van der Waals surface area contributed by atoms with Gasteiger partial charge in [-0.1, -0.05) is 48.7 Å². The molecule has 0 heterocycles. The van der Waals surface area contributed by atoms with Crippen molar-refractivity contribution < 1.29 is 14.0 Å². The van der Waals surface area contributed by atoms with E-state index in [1.165, 1.54) is 22.5 Å². The number of anilines is 2. The van der Waals surface area contributed by atoms with Crippen LogP contribution in [0.3, 0.4) is 0 Å². The smallest absolute Gasteiger partial charge is 0.331 e. The quantitative estimate of drug-likeness (QED) is 0.450. The standard InChI is InChI=1S/C22H19ClFN3O2S/c23-16-5-3-4-15(14-16)12-13-25-22(29)27(30)18-10-8-17(9-11-18)26-21(28)19-6-1-2-7-20(19)24/h1-11,14,30H,12-13H2,(H,25,29)(H,26,28). The van der Waals surface area contributed by atoms with Gasteiger partial charge in [-0.25, -0.2) is 13.5 Å². The van der Waals surface area contributed by atoms with E-state index in [4.69, 9.17) is 11.6 Å². The van der Waals surface area contributed by atoms with Gasteiger partial charge in [-0.3, -0.25) is 4.79 Å². The van der Waals surface area contributed by atoms with E-state index in [2.05, 4.69) is 23.4 Å². The van der Waals surface area contributed by atoms with E-state index in [1.54, 1.807) is 36.4 Å². The maximum absolute atomic E-state index is 13.7. The van der Waals surface area contributed by atoms with Gasteiger partial charge < -0.3 is 10.6 Å².